The highest BCUT2D eigenvalue weighted by atomic mass is 16.2. The van der Waals surface area contributed by atoms with Crippen LogP contribution in [0.15, 0.2) is 24.5 Å². The van der Waals surface area contributed by atoms with Crippen molar-refractivity contribution in [3.8, 4) is 0 Å². The quantitative estimate of drug-likeness (QED) is 0.723. The molecule has 2 aromatic rings. The minimum Gasteiger partial charge on any atom is -0.345 e. The molecule has 4 amide bonds. The van der Waals surface area contributed by atoms with Gasteiger partial charge in [0.15, 0.2) is 0 Å². The second-order valence-electron chi connectivity index (χ2n) is 6.91. The van der Waals surface area contributed by atoms with Gasteiger partial charge in [0.1, 0.15) is 5.54 Å². The molecular formula is C17H19N5O3. The van der Waals surface area contributed by atoms with Crippen molar-refractivity contribution in [1.82, 2.24) is 25.7 Å². The van der Waals surface area contributed by atoms with Gasteiger partial charge < -0.3 is 10.3 Å². The second kappa shape index (κ2) is 5.58. The maximum Gasteiger partial charge on any atom is 0.344 e. The van der Waals surface area contributed by atoms with Gasteiger partial charge in [-0.3, -0.25) is 15.0 Å². The van der Waals surface area contributed by atoms with E-state index in [-0.39, 0.29) is 5.91 Å². The van der Waals surface area contributed by atoms with Crippen LogP contribution in [-0.4, -0.2) is 38.4 Å². The Labute approximate surface area is 143 Å². The van der Waals surface area contributed by atoms with Crippen LogP contribution in [0.1, 0.15) is 43.0 Å². The van der Waals surface area contributed by atoms with Gasteiger partial charge in [0.25, 0.3) is 11.8 Å². The SMILES string of the molecule is CC1CCC2(CC1)NC(=O)N(NC(=O)c1ccc3nc[nH]c3c1)C2=O. The molecule has 25 heavy (non-hydrogen) atoms. The van der Waals surface area contributed by atoms with Crippen molar-refractivity contribution in [3.63, 3.8) is 0 Å². The van der Waals surface area contributed by atoms with Crippen molar-refractivity contribution in [2.24, 2.45) is 5.92 Å². The first-order chi connectivity index (χ1) is 12.0. The third kappa shape index (κ3) is 2.54. The van der Waals surface area contributed by atoms with Gasteiger partial charge in [-0.2, -0.15) is 5.01 Å². The first-order valence-electron chi connectivity index (χ1n) is 8.39. The smallest absolute Gasteiger partial charge is 0.344 e. The molecule has 2 fully saturated rings. The zero-order valence-corrected chi connectivity index (χ0v) is 13.8. The lowest BCUT2D eigenvalue weighted by Gasteiger charge is -2.33. The van der Waals surface area contributed by atoms with Gasteiger partial charge in [0.05, 0.1) is 17.4 Å². The number of aromatic amines is 1. The lowest BCUT2D eigenvalue weighted by Crippen LogP contribution is -2.51. The molecule has 130 valence electrons. The number of carbonyl (C=O) groups is 3. The van der Waals surface area contributed by atoms with Crippen molar-refractivity contribution in [3.05, 3.63) is 30.1 Å². The zero-order valence-electron chi connectivity index (χ0n) is 13.8. The fraction of sp³-hybridized carbons (Fsp3) is 0.412. The number of imidazole rings is 1. The third-order valence-electron chi connectivity index (χ3n) is 5.19. The second-order valence-corrected chi connectivity index (χ2v) is 6.91. The number of carbonyl (C=O) groups excluding carboxylic acids is 3. The van der Waals surface area contributed by atoms with Crippen LogP contribution in [-0.2, 0) is 4.79 Å². The van der Waals surface area contributed by atoms with E-state index in [9.17, 15) is 14.4 Å². The summed E-state index contributed by atoms with van der Waals surface area (Å²) in [5.41, 5.74) is 3.35. The van der Waals surface area contributed by atoms with Crippen molar-refractivity contribution in [2.75, 3.05) is 0 Å². The molecule has 8 heteroatoms. The molecule has 1 spiro atoms. The number of hydrazine groups is 1. The predicted octanol–water partition coefficient (Wildman–Crippen LogP) is 1.71. The fourth-order valence-corrected chi connectivity index (χ4v) is 3.56. The summed E-state index contributed by atoms with van der Waals surface area (Å²) in [5, 5.41) is 3.59. The molecule has 1 aromatic heterocycles. The lowest BCUT2D eigenvalue weighted by molar-refractivity contribution is -0.134. The largest absolute Gasteiger partial charge is 0.345 e. The number of fused-ring (bicyclic) bond motifs is 1. The molecule has 1 aromatic carbocycles. The summed E-state index contributed by atoms with van der Waals surface area (Å²) in [7, 11) is 0. The van der Waals surface area contributed by atoms with Gasteiger partial charge in [-0.1, -0.05) is 6.92 Å². The summed E-state index contributed by atoms with van der Waals surface area (Å²) < 4.78 is 0. The van der Waals surface area contributed by atoms with Gasteiger partial charge in [0.2, 0.25) is 0 Å². The molecule has 1 saturated carbocycles. The maximum atomic E-state index is 12.7. The van der Waals surface area contributed by atoms with Crippen molar-refractivity contribution < 1.29 is 14.4 Å². The molecule has 0 radical (unpaired) electrons. The van der Waals surface area contributed by atoms with Crippen molar-refractivity contribution in [1.29, 1.82) is 0 Å². The Bertz CT molecular complexity index is 866. The molecule has 0 atom stereocenters. The summed E-state index contributed by atoms with van der Waals surface area (Å²) >= 11 is 0. The van der Waals surface area contributed by atoms with Crippen LogP contribution in [0.5, 0.6) is 0 Å². The molecule has 2 heterocycles. The minimum atomic E-state index is -0.871. The Morgan fingerprint density at radius 3 is 2.84 bits per heavy atom. The fourth-order valence-electron chi connectivity index (χ4n) is 3.56. The number of imide groups is 1. The number of aromatic nitrogens is 2. The Hall–Kier alpha value is -2.90. The summed E-state index contributed by atoms with van der Waals surface area (Å²) in [4.78, 5) is 44.5. The Morgan fingerprint density at radius 1 is 1.32 bits per heavy atom. The van der Waals surface area contributed by atoms with Crippen LogP contribution in [0, 0.1) is 5.92 Å². The number of hydrogen-bond acceptors (Lipinski definition) is 4. The van der Waals surface area contributed by atoms with E-state index in [1.807, 2.05) is 0 Å². The normalized spacial score (nSPS) is 26.3. The standard InChI is InChI=1S/C17H19N5O3/c1-10-4-6-17(7-5-10)15(24)22(16(25)20-17)21-14(23)11-2-3-12-13(8-11)19-9-18-12/h2-3,8-10H,4-7H2,1H3,(H,18,19)(H,20,25)(H,21,23). The zero-order chi connectivity index (χ0) is 17.6. The molecular weight excluding hydrogens is 322 g/mol. The van der Waals surface area contributed by atoms with Gasteiger partial charge in [-0.15, -0.1) is 0 Å². The first kappa shape index (κ1) is 15.6. The molecule has 1 aliphatic heterocycles. The maximum absolute atomic E-state index is 12.7. The first-order valence-corrected chi connectivity index (χ1v) is 8.39. The van der Waals surface area contributed by atoms with E-state index in [1.54, 1.807) is 18.2 Å². The van der Waals surface area contributed by atoms with Crippen LogP contribution >= 0.6 is 0 Å². The third-order valence-corrected chi connectivity index (χ3v) is 5.19. The Kier molecular flexibility index (Phi) is 3.48. The van der Waals surface area contributed by atoms with E-state index < -0.39 is 17.5 Å². The molecule has 0 unspecified atom stereocenters. The number of amides is 4. The van der Waals surface area contributed by atoms with Crippen LogP contribution in [0.25, 0.3) is 11.0 Å². The van der Waals surface area contributed by atoms with Gasteiger partial charge in [0, 0.05) is 5.56 Å². The number of hydrogen-bond donors (Lipinski definition) is 3. The highest BCUT2D eigenvalue weighted by molar-refractivity contribution is 6.09. The van der Waals surface area contributed by atoms with E-state index in [1.165, 1.54) is 6.33 Å². The van der Waals surface area contributed by atoms with E-state index in [0.29, 0.717) is 29.8 Å². The van der Waals surface area contributed by atoms with Gasteiger partial charge >= 0.3 is 6.03 Å². The highest BCUT2D eigenvalue weighted by Crippen LogP contribution is 2.35. The number of nitrogens with zero attached hydrogens (tertiary/aromatic N) is 2. The van der Waals surface area contributed by atoms with Crippen LogP contribution in [0.2, 0.25) is 0 Å². The highest BCUT2D eigenvalue weighted by Gasteiger charge is 2.52. The van der Waals surface area contributed by atoms with E-state index in [4.69, 9.17) is 0 Å². The molecule has 2 aliphatic rings. The van der Waals surface area contributed by atoms with E-state index in [0.717, 1.165) is 23.4 Å². The summed E-state index contributed by atoms with van der Waals surface area (Å²) in [6.07, 6.45) is 4.50. The van der Waals surface area contributed by atoms with Gasteiger partial charge in [-0.05, 0) is 49.8 Å². The number of H-pyrrole nitrogens is 1. The van der Waals surface area contributed by atoms with Crippen molar-refractivity contribution >= 4 is 28.9 Å². The van der Waals surface area contributed by atoms with Crippen LogP contribution in [0.3, 0.4) is 0 Å². The number of nitrogens with one attached hydrogen (secondary N) is 3. The minimum absolute atomic E-state index is 0.343. The Morgan fingerprint density at radius 2 is 2.08 bits per heavy atom. The molecule has 0 bridgehead atoms. The molecule has 1 saturated heterocycles. The summed E-state index contributed by atoms with van der Waals surface area (Å²) in [6, 6.07) is 4.37. The average molecular weight is 341 g/mol. The van der Waals surface area contributed by atoms with Crippen LogP contribution in [0.4, 0.5) is 4.79 Å². The monoisotopic (exact) mass is 341 g/mol. The van der Waals surface area contributed by atoms with E-state index >= 15 is 0 Å². The Balaban J connectivity index is 1.52. The van der Waals surface area contributed by atoms with Gasteiger partial charge in [-0.25, -0.2) is 9.78 Å². The average Bonchev–Trinajstić information content (AvgIpc) is 3.16. The van der Waals surface area contributed by atoms with E-state index in [2.05, 4.69) is 27.6 Å². The molecule has 1 aliphatic carbocycles. The summed E-state index contributed by atoms with van der Waals surface area (Å²) in [5.74, 6) is -0.346. The molecule has 4 rings (SSSR count). The lowest BCUT2D eigenvalue weighted by atomic mass is 9.77. The topological polar surface area (TPSA) is 107 Å². The molecule has 8 nitrogen and oxygen atoms in total. The predicted molar refractivity (Wildman–Crippen MR) is 89.3 cm³/mol. The summed E-state index contributed by atoms with van der Waals surface area (Å²) in [6.45, 7) is 2.14. The van der Waals surface area contributed by atoms with Crippen LogP contribution < -0.4 is 10.7 Å². The van der Waals surface area contributed by atoms with Crippen molar-refractivity contribution in [2.45, 2.75) is 38.1 Å². The number of urea groups is 1. The molecule has 3 N–H and O–H groups in total. The number of rotatable bonds is 2. The number of benzene rings is 1.